The van der Waals surface area contributed by atoms with Crippen LogP contribution in [-0.4, -0.2) is 21.9 Å². The highest BCUT2D eigenvalue weighted by molar-refractivity contribution is 5.57. The minimum Gasteiger partial charge on any atom is -0.508 e. The Bertz CT molecular complexity index is 961. The molecule has 154 valence electrons. The predicted molar refractivity (Wildman–Crippen MR) is 116 cm³/mol. The van der Waals surface area contributed by atoms with Crippen molar-refractivity contribution in [3.8, 4) is 23.0 Å². The van der Waals surface area contributed by atoms with Gasteiger partial charge in [0.2, 0.25) is 0 Å². The third-order valence-electron chi connectivity index (χ3n) is 5.30. The summed E-state index contributed by atoms with van der Waals surface area (Å²) < 4.78 is 6.12. The van der Waals surface area contributed by atoms with E-state index >= 15 is 0 Å². The number of phenols is 3. The van der Waals surface area contributed by atoms with Gasteiger partial charge in [0, 0.05) is 23.1 Å². The summed E-state index contributed by atoms with van der Waals surface area (Å²) in [6.45, 7) is 8.60. The summed E-state index contributed by atoms with van der Waals surface area (Å²) in [4.78, 5) is 0. The van der Waals surface area contributed by atoms with Gasteiger partial charge in [0.25, 0.3) is 0 Å². The highest BCUT2D eigenvalue weighted by Gasteiger charge is 2.28. The van der Waals surface area contributed by atoms with Crippen LogP contribution in [0.5, 0.6) is 23.0 Å². The van der Waals surface area contributed by atoms with Gasteiger partial charge in [-0.2, -0.15) is 0 Å². The molecule has 4 nitrogen and oxygen atoms in total. The smallest absolute Gasteiger partial charge is 0.129 e. The lowest BCUT2D eigenvalue weighted by Crippen LogP contribution is -2.21. The first-order valence-corrected chi connectivity index (χ1v) is 10.0. The van der Waals surface area contributed by atoms with Gasteiger partial charge in [0.05, 0.1) is 6.61 Å². The maximum atomic E-state index is 10.9. The fourth-order valence-corrected chi connectivity index (χ4v) is 3.72. The van der Waals surface area contributed by atoms with E-state index in [1.54, 1.807) is 12.1 Å². The summed E-state index contributed by atoms with van der Waals surface area (Å²) in [7, 11) is 0. The third-order valence-corrected chi connectivity index (χ3v) is 5.30. The molecule has 2 aromatic carbocycles. The predicted octanol–water partition coefficient (Wildman–Crippen LogP) is 5.54. The zero-order valence-electron chi connectivity index (χ0n) is 17.6. The SMILES string of the molecule is CC(C)=CCc1cc2c(c(CC=C(C)C)c1O)OC[C@@H](c1ccc(O)cc1O)C2. The molecule has 3 rings (SSSR count). The van der Waals surface area contributed by atoms with Gasteiger partial charge < -0.3 is 20.1 Å². The van der Waals surface area contributed by atoms with E-state index in [4.69, 9.17) is 4.74 Å². The van der Waals surface area contributed by atoms with Crippen LogP contribution in [0, 0.1) is 0 Å². The molecule has 0 amide bonds. The van der Waals surface area contributed by atoms with Gasteiger partial charge in [0.1, 0.15) is 23.0 Å². The van der Waals surface area contributed by atoms with Crippen molar-refractivity contribution >= 4 is 0 Å². The average Bonchev–Trinajstić information content (AvgIpc) is 2.65. The van der Waals surface area contributed by atoms with Crippen molar-refractivity contribution in [3.63, 3.8) is 0 Å². The molecule has 3 N–H and O–H groups in total. The summed E-state index contributed by atoms with van der Waals surface area (Å²) in [6, 6.07) is 6.72. The van der Waals surface area contributed by atoms with Crippen LogP contribution < -0.4 is 4.74 Å². The first-order valence-electron chi connectivity index (χ1n) is 10.0. The molecule has 0 fully saturated rings. The topological polar surface area (TPSA) is 69.9 Å². The van der Waals surface area contributed by atoms with Gasteiger partial charge in [0.15, 0.2) is 0 Å². The summed E-state index contributed by atoms with van der Waals surface area (Å²) in [5.41, 5.74) is 5.92. The van der Waals surface area contributed by atoms with Crippen LogP contribution in [0.1, 0.15) is 55.9 Å². The number of ether oxygens (including phenoxy) is 1. The summed E-state index contributed by atoms with van der Waals surface area (Å²) >= 11 is 0. The minimum atomic E-state index is -0.0137. The molecular formula is C25H30O4. The lowest BCUT2D eigenvalue weighted by Gasteiger charge is -2.29. The molecule has 0 unspecified atom stereocenters. The van der Waals surface area contributed by atoms with Crippen molar-refractivity contribution in [1.29, 1.82) is 0 Å². The van der Waals surface area contributed by atoms with Gasteiger partial charge in [-0.1, -0.05) is 29.4 Å². The van der Waals surface area contributed by atoms with Crippen LogP contribution >= 0.6 is 0 Å². The Kier molecular flexibility index (Phi) is 6.21. The molecule has 1 aliphatic rings. The van der Waals surface area contributed by atoms with Crippen LogP contribution in [0.2, 0.25) is 0 Å². The highest BCUT2D eigenvalue weighted by atomic mass is 16.5. The highest BCUT2D eigenvalue weighted by Crippen LogP contribution is 2.43. The number of fused-ring (bicyclic) bond motifs is 1. The number of allylic oxidation sites excluding steroid dienone is 4. The Balaban J connectivity index is 2.02. The molecule has 0 aromatic heterocycles. The zero-order valence-corrected chi connectivity index (χ0v) is 17.6. The number of aromatic hydroxyl groups is 3. The second-order valence-corrected chi connectivity index (χ2v) is 8.28. The molecule has 1 aliphatic heterocycles. The lowest BCUT2D eigenvalue weighted by atomic mass is 9.86. The molecule has 1 atom stereocenters. The number of hydrogen-bond acceptors (Lipinski definition) is 4. The third kappa shape index (κ3) is 4.76. The molecule has 0 aliphatic carbocycles. The maximum absolute atomic E-state index is 10.9. The van der Waals surface area contributed by atoms with E-state index in [1.807, 2.05) is 33.8 Å². The molecular weight excluding hydrogens is 364 g/mol. The Morgan fingerprint density at radius 2 is 1.69 bits per heavy atom. The summed E-state index contributed by atoms with van der Waals surface area (Å²) in [6.07, 6.45) is 6.20. The number of phenolic OH excluding ortho intramolecular Hbond substituents is 3. The molecule has 0 bridgehead atoms. The molecule has 2 aromatic rings. The second-order valence-electron chi connectivity index (χ2n) is 8.28. The van der Waals surface area contributed by atoms with Crippen molar-refractivity contribution in [2.45, 2.75) is 52.9 Å². The minimum absolute atomic E-state index is 0.0137. The largest absolute Gasteiger partial charge is 0.508 e. The maximum Gasteiger partial charge on any atom is 0.129 e. The van der Waals surface area contributed by atoms with E-state index in [0.29, 0.717) is 31.6 Å². The lowest BCUT2D eigenvalue weighted by molar-refractivity contribution is 0.255. The molecule has 0 saturated carbocycles. The zero-order chi connectivity index (χ0) is 21.1. The Morgan fingerprint density at radius 3 is 2.34 bits per heavy atom. The van der Waals surface area contributed by atoms with Gasteiger partial charge in [-0.15, -0.1) is 0 Å². The van der Waals surface area contributed by atoms with E-state index in [1.165, 1.54) is 17.2 Å². The molecule has 1 heterocycles. The van der Waals surface area contributed by atoms with Gasteiger partial charge >= 0.3 is 0 Å². The number of benzene rings is 2. The molecule has 0 saturated heterocycles. The Labute approximate surface area is 172 Å². The summed E-state index contributed by atoms with van der Waals surface area (Å²) in [5.74, 6) is 1.18. The van der Waals surface area contributed by atoms with Crippen molar-refractivity contribution in [2.75, 3.05) is 6.61 Å². The first-order chi connectivity index (χ1) is 13.8. The fourth-order valence-electron chi connectivity index (χ4n) is 3.72. The van der Waals surface area contributed by atoms with Crippen LogP contribution in [0.3, 0.4) is 0 Å². The van der Waals surface area contributed by atoms with E-state index in [0.717, 1.165) is 28.0 Å². The van der Waals surface area contributed by atoms with Gasteiger partial charge in [-0.25, -0.2) is 0 Å². The molecule has 4 heteroatoms. The van der Waals surface area contributed by atoms with Crippen molar-refractivity contribution in [2.24, 2.45) is 0 Å². The molecule has 29 heavy (non-hydrogen) atoms. The van der Waals surface area contributed by atoms with Crippen LogP contribution in [-0.2, 0) is 19.3 Å². The van der Waals surface area contributed by atoms with Gasteiger partial charge in [-0.05, 0) is 70.2 Å². The number of rotatable bonds is 5. The molecule has 0 radical (unpaired) electrons. The quantitative estimate of drug-likeness (QED) is 0.582. The first kappa shape index (κ1) is 20.8. The van der Waals surface area contributed by atoms with Crippen molar-refractivity contribution in [1.82, 2.24) is 0 Å². The summed E-state index contributed by atoms with van der Waals surface area (Å²) in [5, 5.41) is 30.8. The van der Waals surface area contributed by atoms with E-state index < -0.39 is 0 Å². The standard InChI is InChI=1S/C25H30O4/c1-15(2)5-7-17-11-18-12-19(21-10-8-20(26)13-23(21)27)14-29-25(18)22(24(17)28)9-6-16(3)4/h5-6,8,10-11,13,19,26-28H,7,9,12,14H2,1-4H3/t19-/m0/s1. The van der Waals surface area contributed by atoms with E-state index in [-0.39, 0.29) is 17.4 Å². The van der Waals surface area contributed by atoms with Crippen molar-refractivity contribution < 1.29 is 20.1 Å². The van der Waals surface area contributed by atoms with Crippen LogP contribution in [0.25, 0.3) is 0 Å². The normalized spacial score (nSPS) is 15.2. The van der Waals surface area contributed by atoms with Gasteiger partial charge in [-0.3, -0.25) is 0 Å². The second kappa shape index (κ2) is 8.64. The fraction of sp³-hybridized carbons (Fsp3) is 0.360. The number of hydrogen-bond donors (Lipinski definition) is 3. The average molecular weight is 395 g/mol. The Hall–Kier alpha value is -2.88. The Morgan fingerprint density at radius 1 is 1.00 bits per heavy atom. The van der Waals surface area contributed by atoms with E-state index in [9.17, 15) is 15.3 Å². The van der Waals surface area contributed by atoms with Crippen LogP contribution in [0.15, 0.2) is 47.6 Å². The van der Waals surface area contributed by atoms with E-state index in [2.05, 4.69) is 12.2 Å². The molecule has 0 spiro atoms. The monoisotopic (exact) mass is 394 g/mol. The van der Waals surface area contributed by atoms with Crippen molar-refractivity contribution in [3.05, 3.63) is 69.8 Å². The van der Waals surface area contributed by atoms with Crippen LogP contribution in [0.4, 0.5) is 0 Å².